The maximum Gasteiger partial charge on any atom is 0.336 e. The summed E-state index contributed by atoms with van der Waals surface area (Å²) in [7, 11) is 1.46. The Bertz CT molecular complexity index is 347. The van der Waals surface area contributed by atoms with Crippen LogP contribution in [0.25, 0.3) is 0 Å². The molecule has 0 radical (unpaired) electrons. The molecule has 0 bridgehead atoms. The first-order chi connectivity index (χ1) is 7.16. The highest BCUT2D eigenvalue weighted by Crippen LogP contribution is 2.07. The predicted molar refractivity (Wildman–Crippen MR) is 58.1 cm³/mol. The fourth-order valence-corrected chi connectivity index (χ4v) is 1.00. The van der Waals surface area contributed by atoms with Crippen molar-refractivity contribution in [3.8, 4) is 0 Å². The lowest BCUT2D eigenvalue weighted by molar-refractivity contribution is 0.0691. The summed E-state index contributed by atoms with van der Waals surface area (Å²) in [4.78, 5) is 21.8. The molecule has 0 heterocycles. The Morgan fingerprint density at radius 2 is 1.60 bits per heavy atom. The lowest BCUT2D eigenvalue weighted by atomic mass is 10.1. The van der Waals surface area contributed by atoms with Gasteiger partial charge in [-0.3, -0.25) is 4.79 Å². The standard InChI is InChI=1S/C9H9NO3.C2H6/c1-10-8(11)6-4-2-3-5-7(6)9(12)13;1-2/h2-5H,1H3,(H,10,11)(H,12,13);1-2H3. The summed E-state index contributed by atoms with van der Waals surface area (Å²) in [6.45, 7) is 4.00. The van der Waals surface area contributed by atoms with Crippen molar-refractivity contribution in [2.75, 3.05) is 7.05 Å². The molecule has 4 heteroatoms. The van der Waals surface area contributed by atoms with Crippen LogP contribution in [0.1, 0.15) is 34.6 Å². The van der Waals surface area contributed by atoms with E-state index in [0.717, 1.165) is 0 Å². The Morgan fingerprint density at radius 1 is 1.13 bits per heavy atom. The van der Waals surface area contributed by atoms with Gasteiger partial charge in [0.1, 0.15) is 0 Å². The number of carbonyl (C=O) groups is 2. The molecule has 0 saturated heterocycles. The van der Waals surface area contributed by atoms with Crippen molar-refractivity contribution in [1.29, 1.82) is 0 Å². The Hall–Kier alpha value is -1.84. The molecule has 4 nitrogen and oxygen atoms in total. The molecule has 0 aromatic heterocycles. The third kappa shape index (κ3) is 3.42. The van der Waals surface area contributed by atoms with Gasteiger partial charge >= 0.3 is 5.97 Å². The largest absolute Gasteiger partial charge is 0.478 e. The molecule has 1 amide bonds. The topological polar surface area (TPSA) is 66.4 Å². The van der Waals surface area contributed by atoms with Gasteiger partial charge in [-0.2, -0.15) is 0 Å². The first kappa shape index (κ1) is 13.2. The molecule has 1 rings (SSSR count). The Balaban J connectivity index is 0.000000921. The highest BCUT2D eigenvalue weighted by molar-refractivity contribution is 6.04. The summed E-state index contributed by atoms with van der Waals surface area (Å²) in [6, 6.07) is 6.07. The van der Waals surface area contributed by atoms with Gasteiger partial charge < -0.3 is 10.4 Å². The first-order valence-corrected chi connectivity index (χ1v) is 4.71. The number of aromatic carboxylic acids is 1. The van der Waals surface area contributed by atoms with Crippen LogP contribution >= 0.6 is 0 Å². The molecule has 0 fully saturated rings. The Kier molecular flexibility index (Phi) is 5.78. The molecule has 0 saturated carbocycles. The zero-order chi connectivity index (χ0) is 11.8. The molecule has 0 aliphatic rings. The fourth-order valence-electron chi connectivity index (χ4n) is 1.00. The third-order valence-electron chi connectivity index (χ3n) is 1.63. The third-order valence-corrected chi connectivity index (χ3v) is 1.63. The summed E-state index contributed by atoms with van der Waals surface area (Å²) < 4.78 is 0. The molecule has 0 spiro atoms. The van der Waals surface area contributed by atoms with E-state index in [-0.39, 0.29) is 11.1 Å². The highest BCUT2D eigenvalue weighted by atomic mass is 16.4. The average molecular weight is 209 g/mol. The van der Waals surface area contributed by atoms with E-state index in [2.05, 4.69) is 5.32 Å². The average Bonchev–Trinajstić information content (AvgIpc) is 2.30. The van der Waals surface area contributed by atoms with Crippen LogP contribution in [0.2, 0.25) is 0 Å². The molecule has 82 valence electrons. The van der Waals surface area contributed by atoms with Gasteiger partial charge in [0.15, 0.2) is 0 Å². The molecule has 1 aromatic carbocycles. The van der Waals surface area contributed by atoms with Crippen LogP contribution in [-0.2, 0) is 0 Å². The van der Waals surface area contributed by atoms with Gasteiger partial charge in [-0.1, -0.05) is 26.0 Å². The second-order valence-electron chi connectivity index (χ2n) is 2.43. The van der Waals surface area contributed by atoms with Gasteiger partial charge in [0.2, 0.25) is 0 Å². The van der Waals surface area contributed by atoms with Crippen molar-refractivity contribution in [2.24, 2.45) is 0 Å². The molecule has 0 aliphatic heterocycles. The zero-order valence-corrected chi connectivity index (χ0v) is 9.07. The number of amides is 1. The monoisotopic (exact) mass is 209 g/mol. The van der Waals surface area contributed by atoms with Gasteiger partial charge in [0.05, 0.1) is 11.1 Å². The molecule has 0 atom stereocenters. The van der Waals surface area contributed by atoms with Crippen LogP contribution in [0.3, 0.4) is 0 Å². The van der Waals surface area contributed by atoms with Crippen LogP contribution in [0.5, 0.6) is 0 Å². The Labute approximate surface area is 88.9 Å². The second kappa shape index (κ2) is 6.59. The zero-order valence-electron chi connectivity index (χ0n) is 9.07. The van der Waals surface area contributed by atoms with Crippen molar-refractivity contribution in [3.63, 3.8) is 0 Å². The normalized spacial score (nSPS) is 8.47. The second-order valence-corrected chi connectivity index (χ2v) is 2.43. The van der Waals surface area contributed by atoms with Crippen LogP contribution < -0.4 is 5.32 Å². The molecule has 0 aliphatic carbocycles. The lowest BCUT2D eigenvalue weighted by Gasteiger charge is -2.02. The van der Waals surface area contributed by atoms with Crippen LogP contribution in [0.15, 0.2) is 24.3 Å². The number of carboxylic acids is 1. The van der Waals surface area contributed by atoms with E-state index in [1.807, 2.05) is 13.8 Å². The molecular formula is C11H15NO3. The summed E-state index contributed by atoms with van der Waals surface area (Å²) >= 11 is 0. The number of carbonyl (C=O) groups excluding carboxylic acids is 1. The minimum absolute atomic E-state index is 0.0156. The van der Waals surface area contributed by atoms with Crippen LogP contribution in [-0.4, -0.2) is 24.0 Å². The van der Waals surface area contributed by atoms with Crippen LogP contribution in [0, 0.1) is 0 Å². The van der Waals surface area contributed by atoms with Crippen LogP contribution in [0.4, 0.5) is 0 Å². The van der Waals surface area contributed by atoms with E-state index in [0.29, 0.717) is 0 Å². The van der Waals surface area contributed by atoms with E-state index in [1.54, 1.807) is 12.1 Å². The number of benzene rings is 1. The number of carboxylic acid groups (broad SMARTS) is 1. The molecule has 15 heavy (non-hydrogen) atoms. The lowest BCUT2D eigenvalue weighted by Crippen LogP contribution is -2.20. The smallest absolute Gasteiger partial charge is 0.336 e. The van der Waals surface area contributed by atoms with E-state index < -0.39 is 11.9 Å². The van der Waals surface area contributed by atoms with Gasteiger partial charge in [0, 0.05) is 7.05 Å². The highest BCUT2D eigenvalue weighted by Gasteiger charge is 2.13. The SMILES string of the molecule is CC.CNC(=O)c1ccccc1C(=O)O. The summed E-state index contributed by atoms with van der Waals surface area (Å²) in [5, 5.41) is 11.1. The van der Waals surface area contributed by atoms with E-state index in [4.69, 9.17) is 5.11 Å². The minimum atomic E-state index is -1.10. The van der Waals surface area contributed by atoms with Crippen molar-refractivity contribution in [1.82, 2.24) is 5.32 Å². The fraction of sp³-hybridized carbons (Fsp3) is 0.273. The van der Waals surface area contributed by atoms with Crippen molar-refractivity contribution in [2.45, 2.75) is 13.8 Å². The molecule has 0 unspecified atom stereocenters. The van der Waals surface area contributed by atoms with Gasteiger partial charge in [0.25, 0.3) is 5.91 Å². The van der Waals surface area contributed by atoms with E-state index >= 15 is 0 Å². The molecular weight excluding hydrogens is 194 g/mol. The van der Waals surface area contributed by atoms with Gasteiger partial charge in [-0.25, -0.2) is 4.79 Å². The molecule has 1 aromatic rings. The summed E-state index contributed by atoms with van der Waals surface area (Å²) in [5.74, 6) is -1.49. The number of hydrogen-bond donors (Lipinski definition) is 2. The Morgan fingerprint density at radius 3 is 2.00 bits per heavy atom. The van der Waals surface area contributed by atoms with E-state index in [9.17, 15) is 9.59 Å². The first-order valence-electron chi connectivity index (χ1n) is 4.71. The quantitative estimate of drug-likeness (QED) is 0.780. The minimum Gasteiger partial charge on any atom is -0.478 e. The number of nitrogens with one attached hydrogen (secondary N) is 1. The van der Waals surface area contributed by atoms with Crippen molar-refractivity contribution in [3.05, 3.63) is 35.4 Å². The predicted octanol–water partition coefficient (Wildman–Crippen LogP) is 1.77. The number of rotatable bonds is 2. The summed E-state index contributed by atoms with van der Waals surface area (Å²) in [6.07, 6.45) is 0. The summed E-state index contributed by atoms with van der Waals surface area (Å²) in [5.41, 5.74) is 0.194. The number of hydrogen-bond acceptors (Lipinski definition) is 2. The molecule has 2 N–H and O–H groups in total. The van der Waals surface area contributed by atoms with Gasteiger partial charge in [-0.15, -0.1) is 0 Å². The van der Waals surface area contributed by atoms with Crippen molar-refractivity contribution < 1.29 is 14.7 Å². The maximum absolute atomic E-state index is 11.2. The maximum atomic E-state index is 11.2. The van der Waals surface area contributed by atoms with Gasteiger partial charge in [-0.05, 0) is 12.1 Å². The van der Waals surface area contributed by atoms with E-state index in [1.165, 1.54) is 19.2 Å². The van der Waals surface area contributed by atoms with Crippen molar-refractivity contribution >= 4 is 11.9 Å².